The maximum absolute atomic E-state index is 11.8. The Hall–Kier alpha value is -2.21. The Morgan fingerprint density at radius 1 is 1.15 bits per heavy atom. The number of hydrogen-bond acceptors (Lipinski definition) is 4. The molecule has 3 amide bonds. The smallest absolute Gasteiger partial charge is 0.238 e. The van der Waals surface area contributed by atoms with Crippen molar-refractivity contribution in [2.45, 2.75) is 32.2 Å². The first-order valence-corrected chi connectivity index (χ1v) is 6.51. The molecule has 1 aliphatic heterocycles. The van der Waals surface area contributed by atoms with Gasteiger partial charge in [-0.05, 0) is 17.5 Å². The number of nitrogens with two attached hydrogens (primary N) is 1. The van der Waals surface area contributed by atoms with Gasteiger partial charge in [0.05, 0.1) is 13.0 Å². The molecule has 6 heteroatoms. The highest BCUT2D eigenvalue weighted by molar-refractivity contribution is 5.97. The Morgan fingerprint density at radius 3 is 2.35 bits per heavy atom. The van der Waals surface area contributed by atoms with Crippen molar-refractivity contribution >= 4 is 17.7 Å². The first-order valence-electron chi connectivity index (χ1n) is 6.51. The molecule has 1 heterocycles. The minimum absolute atomic E-state index is 0.128. The first-order chi connectivity index (χ1) is 9.61. The van der Waals surface area contributed by atoms with Crippen molar-refractivity contribution in [3.63, 3.8) is 0 Å². The van der Waals surface area contributed by atoms with Crippen LogP contribution in [0.2, 0.25) is 0 Å². The molecule has 2 rings (SSSR count). The number of piperidine rings is 1. The van der Waals surface area contributed by atoms with Crippen molar-refractivity contribution < 1.29 is 14.4 Å². The summed E-state index contributed by atoms with van der Waals surface area (Å²) < 4.78 is 0. The van der Waals surface area contributed by atoms with E-state index in [0.717, 1.165) is 11.1 Å². The molecule has 3 N–H and O–H groups in total. The Morgan fingerprint density at radius 2 is 1.75 bits per heavy atom. The number of nitrogens with zero attached hydrogens (tertiary/aromatic N) is 1. The summed E-state index contributed by atoms with van der Waals surface area (Å²) in [5, 5.41) is 0. The summed E-state index contributed by atoms with van der Waals surface area (Å²) in [6, 6.07) is 7.23. The third-order valence-corrected chi connectivity index (χ3v) is 3.34. The number of carbonyl (C=O) groups is 3. The highest BCUT2D eigenvalue weighted by atomic mass is 16.2. The fraction of sp³-hybridized carbons (Fsp3) is 0.357. The highest BCUT2D eigenvalue weighted by Crippen LogP contribution is 2.18. The Kier molecular flexibility index (Phi) is 4.47. The van der Waals surface area contributed by atoms with E-state index >= 15 is 0 Å². The highest BCUT2D eigenvalue weighted by Gasteiger charge is 2.26. The van der Waals surface area contributed by atoms with Crippen molar-refractivity contribution in [2.75, 3.05) is 0 Å². The quantitative estimate of drug-likeness (QED) is 0.357. The van der Waals surface area contributed by atoms with E-state index in [1.54, 1.807) is 6.07 Å². The zero-order valence-corrected chi connectivity index (χ0v) is 11.1. The molecule has 6 nitrogen and oxygen atoms in total. The summed E-state index contributed by atoms with van der Waals surface area (Å²) in [5.41, 5.74) is 3.63. The van der Waals surface area contributed by atoms with Crippen LogP contribution in [0, 0.1) is 0 Å². The number of nitrogens with one attached hydrogen (secondary N) is 1. The minimum atomic E-state index is -0.311. The molecule has 0 radical (unpaired) electrons. The number of benzene rings is 1. The monoisotopic (exact) mass is 275 g/mol. The van der Waals surface area contributed by atoms with Crippen LogP contribution in [0.4, 0.5) is 0 Å². The van der Waals surface area contributed by atoms with Gasteiger partial charge in [-0.25, -0.2) is 5.84 Å². The molecule has 0 bridgehead atoms. The van der Waals surface area contributed by atoms with Gasteiger partial charge in [-0.2, -0.15) is 0 Å². The van der Waals surface area contributed by atoms with Gasteiger partial charge in [0, 0.05) is 12.8 Å². The molecule has 0 unspecified atom stereocenters. The summed E-state index contributed by atoms with van der Waals surface area (Å²) in [4.78, 5) is 36.2. The van der Waals surface area contributed by atoms with E-state index in [1.165, 1.54) is 4.90 Å². The molecule has 0 aromatic heterocycles. The van der Waals surface area contributed by atoms with E-state index in [0.29, 0.717) is 19.3 Å². The van der Waals surface area contributed by atoms with E-state index in [4.69, 9.17) is 5.84 Å². The van der Waals surface area contributed by atoms with Gasteiger partial charge in [-0.1, -0.05) is 24.3 Å². The Labute approximate surface area is 116 Å². The number of amides is 3. The van der Waals surface area contributed by atoms with Crippen molar-refractivity contribution in [3.05, 3.63) is 35.4 Å². The topological polar surface area (TPSA) is 92.5 Å². The van der Waals surface area contributed by atoms with Crippen LogP contribution in [0.1, 0.15) is 30.4 Å². The van der Waals surface area contributed by atoms with Crippen LogP contribution < -0.4 is 11.3 Å². The second-order valence-corrected chi connectivity index (χ2v) is 4.74. The van der Waals surface area contributed by atoms with Gasteiger partial charge >= 0.3 is 0 Å². The van der Waals surface area contributed by atoms with Crippen molar-refractivity contribution in [1.29, 1.82) is 0 Å². The van der Waals surface area contributed by atoms with Gasteiger partial charge in [-0.15, -0.1) is 0 Å². The van der Waals surface area contributed by atoms with Gasteiger partial charge in [0.25, 0.3) is 0 Å². The maximum atomic E-state index is 11.8. The molecule has 106 valence electrons. The van der Waals surface area contributed by atoms with E-state index in [9.17, 15) is 14.4 Å². The average Bonchev–Trinajstić information content (AvgIpc) is 2.44. The predicted octanol–water partition coefficient (Wildman–Crippen LogP) is 0.258. The Bertz CT molecular complexity index is 526. The first kappa shape index (κ1) is 14.2. The fourth-order valence-corrected chi connectivity index (χ4v) is 2.25. The van der Waals surface area contributed by atoms with E-state index in [2.05, 4.69) is 5.43 Å². The molecule has 1 aromatic carbocycles. The number of hydrazine groups is 1. The van der Waals surface area contributed by atoms with Crippen LogP contribution in [0.5, 0.6) is 0 Å². The lowest BCUT2D eigenvalue weighted by Gasteiger charge is -2.25. The van der Waals surface area contributed by atoms with Crippen molar-refractivity contribution in [2.24, 2.45) is 5.84 Å². The SMILES string of the molecule is NNC(=O)Cc1ccccc1CN1C(=O)CCCC1=O. The maximum Gasteiger partial charge on any atom is 0.238 e. The lowest BCUT2D eigenvalue weighted by atomic mass is 10.0. The molecule has 1 fully saturated rings. The summed E-state index contributed by atoms with van der Waals surface area (Å²) >= 11 is 0. The third-order valence-electron chi connectivity index (χ3n) is 3.34. The van der Waals surface area contributed by atoms with E-state index in [1.807, 2.05) is 18.2 Å². The normalized spacial score (nSPS) is 15.3. The van der Waals surface area contributed by atoms with E-state index < -0.39 is 0 Å². The summed E-state index contributed by atoms with van der Waals surface area (Å²) in [7, 11) is 0. The standard InChI is InChI=1S/C14H17N3O3/c15-16-12(18)8-10-4-1-2-5-11(10)9-17-13(19)6-3-7-14(17)20/h1-2,4-5H,3,6-9,15H2,(H,16,18). The molecule has 20 heavy (non-hydrogen) atoms. The molecular weight excluding hydrogens is 258 g/mol. The Balaban J connectivity index is 2.18. The molecule has 1 aromatic rings. The van der Waals surface area contributed by atoms with Gasteiger partial charge in [0.2, 0.25) is 17.7 Å². The molecule has 1 aliphatic rings. The van der Waals surface area contributed by atoms with Gasteiger partial charge in [0.15, 0.2) is 0 Å². The van der Waals surface area contributed by atoms with Crippen LogP contribution in [-0.4, -0.2) is 22.6 Å². The zero-order valence-electron chi connectivity index (χ0n) is 11.1. The molecule has 0 spiro atoms. The number of likely N-dealkylation sites (tertiary alicyclic amines) is 1. The zero-order chi connectivity index (χ0) is 14.5. The summed E-state index contributed by atoms with van der Waals surface area (Å²) in [6.45, 7) is 0.214. The van der Waals surface area contributed by atoms with E-state index in [-0.39, 0.29) is 30.7 Å². The van der Waals surface area contributed by atoms with Crippen LogP contribution in [0.15, 0.2) is 24.3 Å². The molecule has 0 saturated carbocycles. The van der Waals surface area contributed by atoms with Gasteiger partial charge in [0.1, 0.15) is 0 Å². The number of carbonyl (C=O) groups excluding carboxylic acids is 3. The lowest BCUT2D eigenvalue weighted by molar-refractivity contribution is -0.148. The lowest BCUT2D eigenvalue weighted by Crippen LogP contribution is -2.39. The minimum Gasteiger partial charge on any atom is -0.294 e. The number of imide groups is 1. The number of hydrogen-bond donors (Lipinski definition) is 2. The third kappa shape index (κ3) is 3.21. The summed E-state index contributed by atoms with van der Waals surface area (Å²) in [5.74, 6) is 4.46. The largest absolute Gasteiger partial charge is 0.294 e. The van der Waals surface area contributed by atoms with Crippen LogP contribution in [0.25, 0.3) is 0 Å². The van der Waals surface area contributed by atoms with Crippen LogP contribution >= 0.6 is 0 Å². The molecule has 1 saturated heterocycles. The van der Waals surface area contributed by atoms with Gasteiger partial charge < -0.3 is 0 Å². The average molecular weight is 275 g/mol. The fourth-order valence-electron chi connectivity index (χ4n) is 2.25. The van der Waals surface area contributed by atoms with Crippen LogP contribution in [0.3, 0.4) is 0 Å². The number of rotatable bonds is 4. The molecule has 0 atom stereocenters. The predicted molar refractivity (Wildman–Crippen MR) is 71.9 cm³/mol. The van der Waals surface area contributed by atoms with Crippen molar-refractivity contribution in [3.8, 4) is 0 Å². The molecular formula is C14H17N3O3. The molecule has 0 aliphatic carbocycles. The van der Waals surface area contributed by atoms with Crippen molar-refractivity contribution in [1.82, 2.24) is 10.3 Å². The summed E-state index contributed by atoms with van der Waals surface area (Å²) in [6.07, 6.45) is 1.54. The van der Waals surface area contributed by atoms with Gasteiger partial charge in [-0.3, -0.25) is 24.7 Å². The van der Waals surface area contributed by atoms with Crippen LogP contribution in [-0.2, 0) is 27.3 Å². The second kappa shape index (κ2) is 6.29. The second-order valence-electron chi connectivity index (χ2n) is 4.74.